The normalized spacial score (nSPS) is 22.0. The fraction of sp³-hybridized carbons (Fsp3) is 0.600. The Labute approximate surface area is 193 Å². The van der Waals surface area contributed by atoms with Gasteiger partial charge in [-0.1, -0.05) is 0 Å². The van der Waals surface area contributed by atoms with E-state index in [2.05, 4.69) is 9.97 Å². The van der Waals surface area contributed by atoms with E-state index in [1.807, 2.05) is 0 Å². The molecular formula is C20H26N4O10. The second-order valence-corrected chi connectivity index (χ2v) is 7.39. The lowest BCUT2D eigenvalue weighted by molar-refractivity contribution is -0.166. The summed E-state index contributed by atoms with van der Waals surface area (Å²) in [6.45, 7) is 3.94. The first-order chi connectivity index (χ1) is 16.2. The second kappa shape index (κ2) is 11.2. The van der Waals surface area contributed by atoms with E-state index in [9.17, 15) is 19.2 Å². The van der Waals surface area contributed by atoms with Gasteiger partial charge in [-0.25, -0.2) is 9.97 Å². The molecule has 0 amide bonds. The molecule has 0 saturated carbocycles. The average molecular weight is 482 g/mol. The minimum atomic E-state index is -1.12. The van der Waals surface area contributed by atoms with Crippen LogP contribution in [0, 0.1) is 0 Å². The number of fused-ring (bicyclic) bond motifs is 1. The van der Waals surface area contributed by atoms with Crippen LogP contribution in [0.5, 0.6) is 0 Å². The van der Waals surface area contributed by atoms with Crippen LogP contribution in [-0.4, -0.2) is 82.3 Å². The topological polar surface area (TPSA) is 159 Å². The quantitative estimate of drug-likeness (QED) is 0.244. The SMILES string of the molecule is COCCOCn1cnc2c(ncn2C2O[C@H](COC(C)=O)[C@H](OC(C)=O)C2OC(C)=O)c1=O. The van der Waals surface area contributed by atoms with Crippen LogP contribution < -0.4 is 5.56 Å². The van der Waals surface area contributed by atoms with Crippen LogP contribution in [-0.2, 0) is 49.5 Å². The van der Waals surface area contributed by atoms with Gasteiger partial charge >= 0.3 is 17.9 Å². The van der Waals surface area contributed by atoms with Crippen molar-refractivity contribution in [1.82, 2.24) is 19.1 Å². The van der Waals surface area contributed by atoms with Gasteiger partial charge < -0.3 is 28.4 Å². The van der Waals surface area contributed by atoms with E-state index in [-0.39, 0.29) is 31.1 Å². The summed E-state index contributed by atoms with van der Waals surface area (Å²) in [6.07, 6.45) is -1.65. The Morgan fingerprint density at radius 2 is 1.71 bits per heavy atom. The van der Waals surface area contributed by atoms with Crippen molar-refractivity contribution in [3.63, 3.8) is 0 Å². The van der Waals surface area contributed by atoms with Gasteiger partial charge in [0, 0.05) is 27.9 Å². The Bertz CT molecular complexity index is 1100. The predicted octanol–water partition coefficient (Wildman–Crippen LogP) is -0.463. The monoisotopic (exact) mass is 482 g/mol. The summed E-state index contributed by atoms with van der Waals surface area (Å²) in [5, 5.41) is 0. The van der Waals surface area contributed by atoms with Gasteiger partial charge in [0.25, 0.3) is 5.56 Å². The third kappa shape index (κ3) is 5.76. The molecule has 3 rings (SSSR count). The summed E-state index contributed by atoms with van der Waals surface area (Å²) < 4.78 is 34.6. The third-order valence-electron chi connectivity index (χ3n) is 4.83. The Balaban J connectivity index is 1.94. The van der Waals surface area contributed by atoms with Gasteiger partial charge in [0.05, 0.1) is 19.5 Å². The number of hydrogen-bond acceptors (Lipinski definition) is 12. The molecule has 1 aliphatic rings. The molecule has 14 nitrogen and oxygen atoms in total. The van der Waals surface area contributed by atoms with Crippen molar-refractivity contribution in [1.29, 1.82) is 0 Å². The van der Waals surface area contributed by atoms with Gasteiger partial charge in [0.2, 0.25) is 0 Å². The molecule has 0 aromatic carbocycles. The highest BCUT2D eigenvalue weighted by atomic mass is 16.7. The van der Waals surface area contributed by atoms with Crippen LogP contribution in [0.4, 0.5) is 0 Å². The van der Waals surface area contributed by atoms with Crippen molar-refractivity contribution in [2.24, 2.45) is 0 Å². The summed E-state index contributed by atoms with van der Waals surface area (Å²) >= 11 is 0. The minimum absolute atomic E-state index is 0.0236. The van der Waals surface area contributed by atoms with Crippen molar-refractivity contribution >= 4 is 29.1 Å². The number of nitrogens with zero attached hydrogens (tertiary/aromatic N) is 4. The summed E-state index contributed by atoms with van der Waals surface area (Å²) in [5.74, 6) is -1.87. The standard InChI is InChI=1S/C20H26N4O10/c1-11(25)31-7-14-16(32-12(2)26)17(33-13(3)27)20(34-14)24-9-21-15-18(24)22-8-23(19(15)28)10-30-6-5-29-4/h8-9,14,16-17,20H,5-7,10H2,1-4H3/t14-,16+,17?,20?/m1/s1. The molecule has 0 N–H and O–H groups in total. The Morgan fingerprint density at radius 3 is 2.35 bits per heavy atom. The van der Waals surface area contributed by atoms with E-state index in [4.69, 9.17) is 28.4 Å². The molecule has 3 heterocycles. The molecule has 0 spiro atoms. The van der Waals surface area contributed by atoms with Crippen LogP contribution in [0.2, 0.25) is 0 Å². The van der Waals surface area contributed by atoms with Crippen LogP contribution in [0.15, 0.2) is 17.4 Å². The first kappa shape index (κ1) is 25.3. The van der Waals surface area contributed by atoms with Crippen molar-refractivity contribution in [2.75, 3.05) is 26.9 Å². The van der Waals surface area contributed by atoms with Crippen molar-refractivity contribution < 1.29 is 42.8 Å². The molecule has 1 saturated heterocycles. The Hall–Kier alpha value is -3.36. The predicted molar refractivity (Wildman–Crippen MR) is 111 cm³/mol. The molecule has 0 aliphatic carbocycles. The number of esters is 3. The number of hydrogen-bond donors (Lipinski definition) is 0. The number of carbonyl (C=O) groups is 3. The zero-order valence-electron chi connectivity index (χ0n) is 19.2. The first-order valence-corrected chi connectivity index (χ1v) is 10.3. The maximum Gasteiger partial charge on any atom is 0.303 e. The van der Waals surface area contributed by atoms with Gasteiger partial charge in [-0.05, 0) is 0 Å². The lowest BCUT2D eigenvalue weighted by Crippen LogP contribution is -2.40. The van der Waals surface area contributed by atoms with Crippen molar-refractivity contribution in [2.45, 2.75) is 52.0 Å². The number of carbonyl (C=O) groups excluding carboxylic acids is 3. The maximum atomic E-state index is 12.8. The molecular weight excluding hydrogens is 456 g/mol. The summed E-state index contributed by atoms with van der Waals surface area (Å²) in [6, 6.07) is 0. The molecule has 4 atom stereocenters. The number of ether oxygens (including phenoxy) is 6. The zero-order valence-corrected chi connectivity index (χ0v) is 19.2. The van der Waals surface area contributed by atoms with E-state index in [0.29, 0.717) is 6.61 Å². The van der Waals surface area contributed by atoms with Crippen LogP contribution in [0.1, 0.15) is 27.0 Å². The van der Waals surface area contributed by atoms with Gasteiger partial charge in [0.15, 0.2) is 29.6 Å². The van der Waals surface area contributed by atoms with Crippen molar-refractivity contribution in [3.8, 4) is 0 Å². The number of aromatic nitrogens is 4. The molecule has 14 heteroatoms. The number of methoxy groups -OCH3 is 1. The van der Waals surface area contributed by atoms with E-state index in [1.165, 1.54) is 49.7 Å². The lowest BCUT2D eigenvalue weighted by Gasteiger charge is -2.23. The molecule has 34 heavy (non-hydrogen) atoms. The fourth-order valence-corrected chi connectivity index (χ4v) is 3.45. The van der Waals surface area contributed by atoms with Gasteiger partial charge in [-0.15, -0.1) is 0 Å². The van der Waals surface area contributed by atoms with Crippen LogP contribution in [0.3, 0.4) is 0 Å². The van der Waals surface area contributed by atoms with E-state index < -0.39 is 48.0 Å². The van der Waals surface area contributed by atoms with Crippen LogP contribution >= 0.6 is 0 Å². The highest BCUT2D eigenvalue weighted by Crippen LogP contribution is 2.35. The summed E-state index contributed by atoms with van der Waals surface area (Å²) in [4.78, 5) is 56.1. The molecule has 1 aliphatic heterocycles. The summed E-state index contributed by atoms with van der Waals surface area (Å²) in [5.41, 5.74) is -0.290. The average Bonchev–Trinajstić information content (AvgIpc) is 3.33. The Kier molecular flexibility index (Phi) is 8.31. The smallest absolute Gasteiger partial charge is 0.303 e. The zero-order chi connectivity index (χ0) is 24.8. The highest BCUT2D eigenvalue weighted by molar-refractivity contribution is 5.70. The van der Waals surface area contributed by atoms with E-state index >= 15 is 0 Å². The second-order valence-electron chi connectivity index (χ2n) is 7.39. The molecule has 2 aromatic rings. The molecule has 186 valence electrons. The lowest BCUT2D eigenvalue weighted by atomic mass is 10.1. The van der Waals surface area contributed by atoms with Gasteiger partial charge in [-0.3, -0.25) is 28.3 Å². The molecule has 0 radical (unpaired) electrons. The molecule has 2 aromatic heterocycles. The molecule has 1 fully saturated rings. The summed E-state index contributed by atoms with van der Waals surface area (Å²) in [7, 11) is 1.53. The van der Waals surface area contributed by atoms with Crippen molar-refractivity contribution in [3.05, 3.63) is 23.0 Å². The maximum absolute atomic E-state index is 12.8. The first-order valence-electron chi connectivity index (χ1n) is 10.3. The van der Waals surface area contributed by atoms with E-state index in [1.54, 1.807) is 0 Å². The third-order valence-corrected chi connectivity index (χ3v) is 4.83. The largest absolute Gasteiger partial charge is 0.463 e. The van der Waals surface area contributed by atoms with Gasteiger partial charge in [-0.2, -0.15) is 0 Å². The van der Waals surface area contributed by atoms with Gasteiger partial charge in [0.1, 0.15) is 25.8 Å². The minimum Gasteiger partial charge on any atom is -0.463 e. The Morgan fingerprint density at radius 1 is 1.00 bits per heavy atom. The fourth-order valence-electron chi connectivity index (χ4n) is 3.45. The van der Waals surface area contributed by atoms with Crippen LogP contribution in [0.25, 0.3) is 11.2 Å². The highest BCUT2D eigenvalue weighted by Gasteiger charge is 2.51. The van der Waals surface area contributed by atoms with E-state index in [0.717, 1.165) is 0 Å². The molecule has 0 bridgehead atoms. The number of imidazole rings is 1. The molecule has 2 unspecified atom stereocenters. The number of rotatable bonds is 10.